The topological polar surface area (TPSA) is 20.8 Å². The van der Waals surface area contributed by atoms with Gasteiger partial charge in [-0.25, -0.2) is 9.13 Å². The lowest BCUT2D eigenvalue weighted by Gasteiger charge is -2.09. The number of nitrogens with zero attached hydrogens (tertiary/aromatic N) is 2. The number of rotatable bonds is 0. The zero-order chi connectivity index (χ0) is 9.54. The van der Waals surface area contributed by atoms with Crippen LogP contribution in [0.25, 0.3) is 11.0 Å². The molecule has 1 aliphatic heterocycles. The fraction of sp³-hybridized carbons (Fsp3) is 0.364. The first-order valence-corrected chi connectivity index (χ1v) is 5.09. The lowest BCUT2D eigenvalue weighted by molar-refractivity contribution is -0.631. The van der Waals surface area contributed by atoms with Gasteiger partial charge in [0, 0.05) is 6.42 Å². The smallest absolute Gasteiger partial charge is 0.358 e. The maximum Gasteiger partial charge on any atom is 0.358 e. The molecule has 4 heteroatoms. The zero-order valence-electron chi connectivity index (χ0n) is 8.70. The van der Waals surface area contributed by atoms with Crippen molar-refractivity contribution >= 4 is 17.0 Å². The Balaban J connectivity index is 0.000000853. The van der Waals surface area contributed by atoms with Crippen molar-refractivity contribution in [2.24, 2.45) is 7.05 Å². The van der Waals surface area contributed by atoms with Crippen LogP contribution in [0.15, 0.2) is 24.3 Å². The van der Waals surface area contributed by atoms with Crippen LogP contribution in [0.4, 0.5) is 5.95 Å². The van der Waals surface area contributed by atoms with Crippen LogP contribution >= 0.6 is 0 Å². The third-order valence-electron chi connectivity index (χ3n) is 2.95. The van der Waals surface area contributed by atoms with E-state index in [0.717, 1.165) is 13.1 Å². The molecule has 1 aromatic carbocycles. The van der Waals surface area contributed by atoms with Crippen molar-refractivity contribution < 1.29 is 17.0 Å². The van der Waals surface area contributed by atoms with Gasteiger partial charge in [0.15, 0.2) is 0 Å². The number of benzene rings is 1. The number of imidazole rings is 1. The molecule has 80 valence electrons. The van der Waals surface area contributed by atoms with Gasteiger partial charge in [-0.3, -0.25) is 5.32 Å². The number of nitrogens with one attached hydrogen (secondary N) is 1. The van der Waals surface area contributed by atoms with Gasteiger partial charge >= 0.3 is 5.95 Å². The highest BCUT2D eigenvalue weighted by Crippen LogP contribution is 2.19. The summed E-state index contributed by atoms with van der Waals surface area (Å²) in [7, 11) is 2.12. The third-order valence-corrected chi connectivity index (χ3v) is 2.95. The molecular formula is C11H14ClN3. The van der Waals surface area contributed by atoms with Crippen LogP contribution in [-0.2, 0) is 13.6 Å². The first kappa shape index (κ1) is 10.3. The van der Waals surface area contributed by atoms with E-state index in [1.54, 1.807) is 0 Å². The average molecular weight is 224 g/mol. The zero-order valence-corrected chi connectivity index (χ0v) is 9.46. The molecule has 3 nitrogen and oxygen atoms in total. The van der Waals surface area contributed by atoms with Gasteiger partial charge in [0.1, 0.15) is 11.0 Å². The number of hydrogen-bond donors (Lipinski definition) is 1. The Morgan fingerprint density at radius 2 is 2.13 bits per heavy atom. The van der Waals surface area contributed by atoms with E-state index in [1.165, 1.54) is 23.4 Å². The largest absolute Gasteiger partial charge is 1.00 e. The Morgan fingerprint density at radius 3 is 3.00 bits per heavy atom. The molecule has 0 amide bonds. The van der Waals surface area contributed by atoms with Gasteiger partial charge < -0.3 is 12.4 Å². The average Bonchev–Trinajstić information content (AvgIpc) is 2.55. The molecule has 1 aliphatic rings. The quantitative estimate of drug-likeness (QED) is 0.528. The Kier molecular flexibility index (Phi) is 2.57. The van der Waals surface area contributed by atoms with E-state index in [4.69, 9.17) is 0 Å². The summed E-state index contributed by atoms with van der Waals surface area (Å²) in [6.07, 6.45) is 1.21. The van der Waals surface area contributed by atoms with Crippen molar-refractivity contribution in [1.82, 2.24) is 4.57 Å². The molecule has 0 saturated carbocycles. The van der Waals surface area contributed by atoms with E-state index in [-0.39, 0.29) is 12.4 Å². The molecule has 1 aromatic heterocycles. The molecule has 0 atom stereocenters. The first-order chi connectivity index (χ1) is 6.88. The molecule has 15 heavy (non-hydrogen) atoms. The fourth-order valence-electron chi connectivity index (χ4n) is 2.26. The summed E-state index contributed by atoms with van der Waals surface area (Å²) in [5.41, 5.74) is 2.63. The predicted octanol–water partition coefficient (Wildman–Crippen LogP) is -1.71. The van der Waals surface area contributed by atoms with Gasteiger partial charge in [0.05, 0.1) is 20.1 Å². The molecule has 0 bridgehead atoms. The van der Waals surface area contributed by atoms with E-state index in [0.29, 0.717) is 0 Å². The number of halogens is 1. The molecule has 0 aliphatic carbocycles. The molecule has 0 fully saturated rings. The summed E-state index contributed by atoms with van der Waals surface area (Å²) in [5.74, 6) is 1.23. The molecule has 0 unspecified atom stereocenters. The minimum Gasteiger partial charge on any atom is -1.00 e. The van der Waals surface area contributed by atoms with Crippen LogP contribution in [0, 0.1) is 0 Å². The van der Waals surface area contributed by atoms with E-state index in [1.807, 2.05) is 0 Å². The van der Waals surface area contributed by atoms with Crippen molar-refractivity contribution in [3.8, 4) is 0 Å². The molecule has 0 radical (unpaired) electrons. The van der Waals surface area contributed by atoms with Crippen LogP contribution in [0.3, 0.4) is 0 Å². The van der Waals surface area contributed by atoms with Crippen molar-refractivity contribution in [2.45, 2.75) is 13.0 Å². The van der Waals surface area contributed by atoms with Gasteiger partial charge in [-0.2, -0.15) is 0 Å². The highest BCUT2D eigenvalue weighted by molar-refractivity contribution is 5.74. The fourth-order valence-corrected chi connectivity index (χ4v) is 2.26. The molecule has 1 N–H and O–H groups in total. The molecule has 2 heterocycles. The Labute approximate surface area is 95.1 Å². The minimum atomic E-state index is 0. The van der Waals surface area contributed by atoms with E-state index in [9.17, 15) is 0 Å². The van der Waals surface area contributed by atoms with Gasteiger partial charge in [-0.15, -0.1) is 0 Å². The molecule has 0 spiro atoms. The predicted molar refractivity (Wildman–Crippen MR) is 56.2 cm³/mol. The SMILES string of the molecule is C[n+]1c2n(c3ccccc31)CCCN2.[Cl-]. The number of aryl methyl sites for hydroxylation is 2. The van der Waals surface area contributed by atoms with Gasteiger partial charge in [-0.1, -0.05) is 12.1 Å². The molecule has 0 saturated heterocycles. The molecule has 3 rings (SSSR count). The highest BCUT2D eigenvalue weighted by Gasteiger charge is 2.23. The number of para-hydroxylation sites is 2. The van der Waals surface area contributed by atoms with Crippen LogP contribution in [0.1, 0.15) is 6.42 Å². The summed E-state index contributed by atoms with van der Waals surface area (Å²) >= 11 is 0. The Bertz CT molecular complexity index is 490. The van der Waals surface area contributed by atoms with Crippen molar-refractivity contribution in [3.05, 3.63) is 24.3 Å². The van der Waals surface area contributed by atoms with Crippen molar-refractivity contribution in [1.29, 1.82) is 0 Å². The maximum atomic E-state index is 3.45. The lowest BCUT2D eigenvalue weighted by atomic mass is 10.3. The van der Waals surface area contributed by atoms with Gasteiger partial charge in [-0.05, 0) is 12.1 Å². The van der Waals surface area contributed by atoms with Crippen molar-refractivity contribution in [3.63, 3.8) is 0 Å². The molecule has 2 aromatic rings. The second-order valence-corrected chi connectivity index (χ2v) is 3.80. The van der Waals surface area contributed by atoms with E-state index in [2.05, 4.69) is 45.8 Å². The first-order valence-electron chi connectivity index (χ1n) is 5.09. The van der Waals surface area contributed by atoms with E-state index >= 15 is 0 Å². The Hall–Kier alpha value is -1.22. The van der Waals surface area contributed by atoms with E-state index < -0.39 is 0 Å². The van der Waals surface area contributed by atoms with Crippen LogP contribution in [0.5, 0.6) is 0 Å². The standard InChI is InChI=1S/C11H13N3.ClH/c1-13-9-5-2-3-6-10(9)14-8-4-7-12-11(13)14;/h2-3,5-6H,4,7-8H2,1H3;1H. The maximum absolute atomic E-state index is 3.45. The monoisotopic (exact) mass is 223 g/mol. The van der Waals surface area contributed by atoms with Crippen LogP contribution in [0.2, 0.25) is 0 Å². The van der Waals surface area contributed by atoms with Crippen molar-refractivity contribution in [2.75, 3.05) is 11.9 Å². The third kappa shape index (κ3) is 1.38. The lowest BCUT2D eigenvalue weighted by Crippen LogP contribution is -3.00. The summed E-state index contributed by atoms with van der Waals surface area (Å²) < 4.78 is 4.59. The number of aromatic nitrogens is 2. The Morgan fingerprint density at radius 1 is 1.33 bits per heavy atom. The second-order valence-electron chi connectivity index (χ2n) is 3.80. The summed E-state index contributed by atoms with van der Waals surface area (Å²) in [4.78, 5) is 0. The minimum absolute atomic E-state index is 0. The molecular weight excluding hydrogens is 210 g/mol. The number of anilines is 1. The van der Waals surface area contributed by atoms with Gasteiger partial charge in [0.2, 0.25) is 0 Å². The van der Waals surface area contributed by atoms with Gasteiger partial charge in [0.25, 0.3) is 0 Å². The highest BCUT2D eigenvalue weighted by atomic mass is 35.5. The number of hydrogen-bond acceptors (Lipinski definition) is 1. The van der Waals surface area contributed by atoms with Crippen LogP contribution < -0.4 is 22.3 Å². The number of fused-ring (bicyclic) bond motifs is 3. The summed E-state index contributed by atoms with van der Waals surface area (Å²) in [6, 6.07) is 8.55. The van der Waals surface area contributed by atoms with Crippen LogP contribution in [-0.4, -0.2) is 11.1 Å². The summed E-state index contributed by atoms with van der Waals surface area (Å²) in [5, 5.41) is 3.45. The summed E-state index contributed by atoms with van der Waals surface area (Å²) in [6.45, 7) is 2.22. The second kappa shape index (κ2) is 3.74. The normalized spacial score (nSPS) is 14.2.